The van der Waals surface area contributed by atoms with Crippen LogP contribution in [0.25, 0.3) is 0 Å². The van der Waals surface area contributed by atoms with Crippen LogP contribution in [0.3, 0.4) is 0 Å². The molecular weight excluding hydrogens is 440 g/mol. The molecule has 0 aliphatic carbocycles. The topological polar surface area (TPSA) is 302 Å². The Morgan fingerprint density at radius 2 is 1.03 bits per heavy atom. The Morgan fingerprint density at radius 3 is 1.12 bits per heavy atom. The van der Waals surface area contributed by atoms with E-state index in [0.29, 0.717) is 0 Å². The number of hydrogen-bond acceptors (Lipinski definition) is 13. The van der Waals surface area contributed by atoms with Crippen LogP contribution < -0.4 is 12.3 Å². The lowest BCUT2D eigenvalue weighted by atomic mass is 9.91. The Labute approximate surface area is 185 Å². The molecule has 0 spiro atoms. The van der Waals surface area contributed by atoms with Gasteiger partial charge in [-0.15, -0.1) is 0 Å². The van der Waals surface area contributed by atoms with E-state index in [1.54, 1.807) is 0 Å². The van der Waals surface area contributed by atoms with Gasteiger partial charge in [-0.1, -0.05) is 6.58 Å². The smallest absolute Gasteiger partial charge is 0.329 e. The van der Waals surface area contributed by atoms with Crippen LogP contribution in [0.5, 0.6) is 0 Å². The van der Waals surface area contributed by atoms with Crippen molar-refractivity contribution >= 4 is 17.9 Å². The molecule has 0 saturated carbocycles. The Balaban J connectivity index is -0.000000135. The molecule has 15 nitrogen and oxygen atoms in total. The summed E-state index contributed by atoms with van der Waals surface area (Å²) in [6.07, 6.45) is 0.306. The monoisotopic (exact) mass is 478 g/mol. The third kappa shape index (κ3) is 19.7. The van der Waals surface area contributed by atoms with E-state index < -0.39 is 74.8 Å². The molecular formula is C17H38N2O13. The zero-order chi connectivity index (χ0) is 24.2. The standard InChI is InChI=1S/C10H22O7.C4H6O2.C3H4O4.2H3N/c11-1-9(2-12,3-13)7-17-8-10(4-14,5-15)6-16;1-3-4(5)6-2;4-2(5)1-3(6)7;;/h11-16H,1-8H2;3H,1H2,2H3;1H2,(H,4,5)(H,6,7);2*1H3. The van der Waals surface area contributed by atoms with Gasteiger partial charge in [0.1, 0.15) is 6.42 Å². The normalized spacial score (nSPS) is 9.97. The van der Waals surface area contributed by atoms with Crippen LogP contribution in [0.2, 0.25) is 0 Å². The predicted octanol–water partition coefficient (Wildman–Crippen LogP) is -2.86. The molecule has 0 aromatic rings. The zero-order valence-corrected chi connectivity index (χ0v) is 18.2. The van der Waals surface area contributed by atoms with E-state index in [-0.39, 0.29) is 25.5 Å². The molecule has 0 atom stereocenters. The van der Waals surface area contributed by atoms with Gasteiger partial charge in [-0.2, -0.15) is 0 Å². The van der Waals surface area contributed by atoms with Crippen LogP contribution in [0.15, 0.2) is 12.7 Å². The van der Waals surface area contributed by atoms with E-state index in [9.17, 15) is 14.4 Å². The second kappa shape index (κ2) is 23.5. The molecule has 194 valence electrons. The molecule has 0 unspecified atom stereocenters. The van der Waals surface area contributed by atoms with Crippen LogP contribution in [-0.4, -0.2) is 119 Å². The highest BCUT2D eigenvalue weighted by molar-refractivity contribution is 5.88. The van der Waals surface area contributed by atoms with Gasteiger partial charge in [-0.05, 0) is 0 Å². The maximum absolute atomic E-state index is 9.84. The minimum atomic E-state index is -1.31. The number of aliphatic hydroxyl groups is 6. The van der Waals surface area contributed by atoms with E-state index in [1.807, 2.05) is 0 Å². The summed E-state index contributed by atoms with van der Waals surface area (Å²) in [7, 11) is 1.31. The molecule has 0 fully saturated rings. The Kier molecular flexibility index (Phi) is 29.4. The van der Waals surface area contributed by atoms with Crippen molar-refractivity contribution in [2.45, 2.75) is 6.42 Å². The SMILES string of the molecule is C=CC(=O)OC.N.N.O=C(O)CC(=O)O.OCC(CO)(CO)COCC(CO)(CO)CO. The van der Waals surface area contributed by atoms with Gasteiger partial charge in [0.25, 0.3) is 0 Å². The van der Waals surface area contributed by atoms with Gasteiger partial charge in [-0.25, -0.2) is 4.79 Å². The molecule has 0 radical (unpaired) electrons. The van der Waals surface area contributed by atoms with Crippen LogP contribution in [0.1, 0.15) is 6.42 Å². The highest BCUT2D eigenvalue weighted by Crippen LogP contribution is 2.19. The first-order chi connectivity index (χ1) is 14.0. The third-order valence-corrected chi connectivity index (χ3v) is 3.50. The van der Waals surface area contributed by atoms with Gasteiger partial charge in [-0.3, -0.25) is 9.59 Å². The third-order valence-electron chi connectivity index (χ3n) is 3.50. The van der Waals surface area contributed by atoms with Crippen LogP contribution in [0.4, 0.5) is 0 Å². The summed E-state index contributed by atoms with van der Waals surface area (Å²) in [6.45, 7) is 0.152. The van der Waals surface area contributed by atoms with Crippen LogP contribution in [-0.2, 0) is 23.9 Å². The number of hydrogen-bond donors (Lipinski definition) is 10. The number of carboxylic acids is 2. The number of methoxy groups -OCH3 is 1. The molecule has 0 rings (SSSR count). The van der Waals surface area contributed by atoms with Gasteiger partial charge in [0.15, 0.2) is 0 Å². The number of carbonyl (C=O) groups excluding carboxylic acids is 1. The number of aliphatic carboxylic acids is 2. The lowest BCUT2D eigenvalue weighted by molar-refractivity contribution is -0.147. The van der Waals surface area contributed by atoms with Gasteiger partial charge in [0.05, 0.1) is 70.8 Å². The molecule has 32 heavy (non-hydrogen) atoms. The number of ether oxygens (including phenoxy) is 2. The summed E-state index contributed by atoms with van der Waals surface area (Å²) < 4.78 is 9.29. The molecule has 15 heteroatoms. The van der Waals surface area contributed by atoms with Crippen molar-refractivity contribution in [2.75, 3.05) is 60.0 Å². The molecule has 0 bridgehead atoms. The molecule has 14 N–H and O–H groups in total. The maximum atomic E-state index is 9.84. The lowest BCUT2D eigenvalue weighted by Gasteiger charge is -2.31. The first kappa shape index (κ1) is 40.2. The number of rotatable bonds is 13. The average molecular weight is 478 g/mol. The molecule has 0 heterocycles. The molecule has 0 aromatic heterocycles. The Morgan fingerprint density at radius 1 is 0.750 bits per heavy atom. The van der Waals surface area contributed by atoms with Crippen molar-refractivity contribution in [3.8, 4) is 0 Å². The van der Waals surface area contributed by atoms with Gasteiger partial charge < -0.3 is 62.6 Å². The molecule has 0 saturated heterocycles. The first-order valence-electron chi connectivity index (χ1n) is 8.38. The minimum absolute atomic E-state index is 0. The van der Waals surface area contributed by atoms with Crippen LogP contribution >= 0.6 is 0 Å². The van der Waals surface area contributed by atoms with Crippen molar-refractivity contribution < 1.29 is 64.7 Å². The van der Waals surface area contributed by atoms with E-state index in [2.05, 4.69) is 11.3 Å². The molecule has 0 aliphatic heterocycles. The van der Waals surface area contributed by atoms with E-state index in [0.717, 1.165) is 6.08 Å². The molecule has 0 aromatic carbocycles. The van der Waals surface area contributed by atoms with Gasteiger partial charge in [0.2, 0.25) is 0 Å². The van der Waals surface area contributed by atoms with Gasteiger partial charge >= 0.3 is 17.9 Å². The number of esters is 1. The van der Waals surface area contributed by atoms with E-state index >= 15 is 0 Å². The van der Waals surface area contributed by atoms with Crippen molar-refractivity contribution in [2.24, 2.45) is 10.8 Å². The minimum Gasteiger partial charge on any atom is -0.481 e. The van der Waals surface area contributed by atoms with Crippen molar-refractivity contribution in [3.05, 3.63) is 12.7 Å². The summed E-state index contributed by atoms with van der Waals surface area (Å²) in [5, 5.41) is 69.6. The Hall–Kier alpha value is -2.21. The zero-order valence-electron chi connectivity index (χ0n) is 18.2. The number of carbonyl (C=O) groups is 3. The summed E-state index contributed by atoms with van der Waals surface area (Å²) in [5.41, 5.74) is -2.32. The fraction of sp³-hybridized carbons (Fsp3) is 0.706. The molecule has 0 aliphatic rings. The number of carboxylic acid groups (broad SMARTS) is 2. The first-order valence-corrected chi connectivity index (χ1v) is 8.38. The Bertz CT molecular complexity index is 446. The maximum Gasteiger partial charge on any atom is 0.329 e. The summed E-state index contributed by atoms with van der Waals surface area (Å²) >= 11 is 0. The van der Waals surface area contributed by atoms with E-state index in [4.69, 9.17) is 45.6 Å². The van der Waals surface area contributed by atoms with Crippen LogP contribution in [0, 0.1) is 10.8 Å². The van der Waals surface area contributed by atoms with E-state index in [1.165, 1.54) is 7.11 Å². The highest BCUT2D eigenvalue weighted by Gasteiger charge is 2.32. The molecule has 0 amide bonds. The lowest BCUT2D eigenvalue weighted by Crippen LogP contribution is -2.43. The summed E-state index contributed by atoms with van der Waals surface area (Å²) in [6, 6.07) is 0. The average Bonchev–Trinajstić information content (AvgIpc) is 2.74. The second-order valence-electron chi connectivity index (χ2n) is 6.13. The summed E-state index contributed by atoms with van der Waals surface area (Å²) in [5.74, 6) is -3.02. The number of aliphatic hydroxyl groups excluding tert-OH is 6. The quantitative estimate of drug-likeness (QED) is 0.0723. The summed E-state index contributed by atoms with van der Waals surface area (Å²) in [4.78, 5) is 28.7. The largest absolute Gasteiger partial charge is 0.481 e. The van der Waals surface area contributed by atoms with Gasteiger partial charge in [0, 0.05) is 6.08 Å². The van der Waals surface area contributed by atoms with Crippen molar-refractivity contribution in [1.82, 2.24) is 12.3 Å². The second-order valence-corrected chi connectivity index (χ2v) is 6.13. The van der Waals surface area contributed by atoms with Crippen molar-refractivity contribution in [3.63, 3.8) is 0 Å². The fourth-order valence-corrected chi connectivity index (χ4v) is 1.27. The predicted molar refractivity (Wildman–Crippen MR) is 110 cm³/mol. The van der Waals surface area contributed by atoms with Crippen molar-refractivity contribution in [1.29, 1.82) is 0 Å². The fourth-order valence-electron chi connectivity index (χ4n) is 1.27. The highest BCUT2D eigenvalue weighted by atomic mass is 16.5.